The third-order valence-corrected chi connectivity index (χ3v) is 6.94. The molecule has 0 N–H and O–H groups in total. The van der Waals surface area contributed by atoms with Gasteiger partial charge in [-0.2, -0.15) is 56.2 Å². The van der Waals surface area contributed by atoms with Crippen LogP contribution in [0.5, 0.6) is 69.8 Å². The van der Waals surface area contributed by atoms with Crippen LogP contribution in [0.3, 0.4) is 0 Å². The lowest BCUT2D eigenvalue weighted by Gasteiger charge is -2.18. The van der Waals surface area contributed by atoms with Gasteiger partial charge in [0.05, 0.1) is 0 Å². The van der Waals surface area contributed by atoms with Gasteiger partial charge in [0.1, 0.15) is 17.2 Å². The second kappa shape index (κ2) is 18.8. The van der Waals surface area contributed by atoms with Gasteiger partial charge in [-0.3, -0.25) is 0 Å². The first kappa shape index (κ1) is 48.4. The van der Waals surface area contributed by atoms with Crippen molar-refractivity contribution in [3.8, 4) is 69.8 Å². The van der Waals surface area contributed by atoms with Crippen molar-refractivity contribution in [1.29, 1.82) is 0 Å². The fourth-order valence-electron chi connectivity index (χ4n) is 4.51. The van der Waals surface area contributed by atoms with Gasteiger partial charge in [-0.25, -0.2) is 13.2 Å². The first-order chi connectivity index (χ1) is 31.2. The van der Waals surface area contributed by atoms with Crippen molar-refractivity contribution < 1.29 is 121 Å². The highest BCUT2D eigenvalue weighted by molar-refractivity contribution is 6.39. The molecule has 0 radical (unpaired) electrons. The zero-order valence-corrected chi connectivity index (χ0v) is 30.9. The van der Waals surface area contributed by atoms with Crippen molar-refractivity contribution in [2.75, 3.05) is 0 Å². The lowest BCUT2D eigenvalue weighted by Crippen LogP contribution is -2.39. The number of halogens is 18. The molecular weight excluding hydrogens is 977 g/mol. The third kappa shape index (κ3) is 13.0. The van der Waals surface area contributed by atoms with Crippen molar-refractivity contribution in [1.82, 2.24) is 29.9 Å². The van der Waals surface area contributed by atoms with Crippen molar-refractivity contribution in [2.24, 2.45) is 0 Å². The van der Waals surface area contributed by atoms with Gasteiger partial charge >= 0.3 is 44.4 Å². The van der Waals surface area contributed by atoms with Gasteiger partial charge in [0.25, 0.3) is 35.7 Å². The molecule has 15 nitrogen and oxygen atoms in total. The number of rotatable bonds is 15. The average Bonchev–Trinajstić information content (AvgIpc) is 3.17. The van der Waals surface area contributed by atoms with Crippen LogP contribution in [-0.4, -0.2) is 56.3 Å². The number of benzene rings is 3. The lowest BCUT2D eigenvalue weighted by molar-refractivity contribution is -0.275. The number of aromatic nitrogens is 6. The summed E-state index contributed by atoms with van der Waals surface area (Å²) in [4.78, 5) is 17.6. The van der Waals surface area contributed by atoms with Crippen molar-refractivity contribution in [3.63, 3.8) is 0 Å². The molecule has 0 atom stereocenters. The molecule has 0 bridgehead atoms. The molecule has 0 saturated heterocycles. The summed E-state index contributed by atoms with van der Waals surface area (Å²) < 4.78 is 285. The highest BCUT2D eigenvalue weighted by Gasteiger charge is 2.40. The van der Waals surface area contributed by atoms with E-state index in [1.54, 1.807) is 0 Å². The van der Waals surface area contributed by atoms with E-state index in [-0.39, 0.29) is 18.2 Å². The highest BCUT2D eigenvalue weighted by atomic mass is 19.4. The van der Waals surface area contributed by atoms with Gasteiger partial charge in [0, 0.05) is 18.2 Å². The molecule has 34 heteroatoms. The maximum atomic E-state index is 15.2. The Hall–Kier alpha value is -8.10. The summed E-state index contributed by atoms with van der Waals surface area (Å²) in [5.74, 6) is -30.9. The van der Waals surface area contributed by atoms with E-state index in [4.69, 9.17) is 14.2 Å². The molecule has 6 rings (SSSR count). The van der Waals surface area contributed by atoms with Crippen molar-refractivity contribution in [3.05, 3.63) is 108 Å². The van der Waals surface area contributed by atoms with Crippen molar-refractivity contribution >= 4 is 7.32 Å². The number of alkyl halides is 9. The van der Waals surface area contributed by atoms with E-state index in [9.17, 15) is 52.7 Å². The number of hydrogen-bond donors (Lipinski definition) is 0. The minimum Gasteiger partial charge on any atom is -0.482 e. The van der Waals surface area contributed by atoms with Gasteiger partial charge in [-0.05, 0) is 36.4 Å². The average molecular weight is 986 g/mol. The summed E-state index contributed by atoms with van der Waals surface area (Å²) in [5, 5.41) is 0. The van der Waals surface area contributed by atoms with E-state index in [2.05, 4.69) is 58.1 Å². The predicted octanol–water partition coefficient (Wildman–Crippen LogP) is 9.90. The zero-order chi connectivity index (χ0) is 49.2. The molecular formula is C33H9BF18N6O9. The molecule has 0 fully saturated rings. The Kier molecular flexibility index (Phi) is 13.6. The molecule has 3 aromatic carbocycles. The molecule has 0 spiro atoms. The van der Waals surface area contributed by atoms with Crippen LogP contribution in [0, 0.1) is 53.1 Å². The van der Waals surface area contributed by atoms with Gasteiger partial charge in [-0.15, -0.1) is 39.5 Å². The number of nitrogens with zero attached hydrogens (tertiary/aromatic N) is 6. The van der Waals surface area contributed by atoms with E-state index in [0.29, 0.717) is 36.4 Å². The molecule has 6 aromatic rings. The first-order valence-electron chi connectivity index (χ1n) is 16.6. The Morgan fingerprint density at radius 2 is 0.567 bits per heavy atom. The topological polar surface area (TPSA) is 160 Å². The van der Waals surface area contributed by atoms with Gasteiger partial charge in [0.15, 0.2) is 34.7 Å². The smallest absolute Gasteiger partial charge is 0.482 e. The monoisotopic (exact) mass is 986 g/mol. The second-order valence-electron chi connectivity index (χ2n) is 11.6. The summed E-state index contributed by atoms with van der Waals surface area (Å²) in [7, 11) is -3.34. The second-order valence-corrected chi connectivity index (χ2v) is 11.6. The summed E-state index contributed by atoms with van der Waals surface area (Å²) >= 11 is 0. The fourth-order valence-corrected chi connectivity index (χ4v) is 4.51. The SMILES string of the molecule is Fc1cc(OC(F)(F)F)ccc1Oc1nc(F)c(OB(Oc2c(F)nc(Oc3ccc(OC(F)(F)F)cc3F)nc2F)Oc2c(F)nc(Oc3ccc(OC(F)(F)F)cc3F)nc2F)c(F)n1. The van der Waals surface area contributed by atoms with Gasteiger partial charge in [-0.1, -0.05) is 0 Å². The van der Waals surface area contributed by atoms with Gasteiger partial charge in [0.2, 0.25) is 17.2 Å². The molecule has 0 aliphatic rings. The quantitative estimate of drug-likeness (QED) is 0.0543. The summed E-state index contributed by atoms with van der Waals surface area (Å²) in [5.41, 5.74) is 0. The Morgan fingerprint density at radius 1 is 0.343 bits per heavy atom. The van der Waals surface area contributed by atoms with E-state index >= 15 is 26.3 Å². The molecule has 0 unspecified atom stereocenters. The normalized spacial score (nSPS) is 11.7. The van der Waals surface area contributed by atoms with Crippen LogP contribution in [0.4, 0.5) is 79.0 Å². The molecule has 0 aliphatic heterocycles. The molecule has 3 heterocycles. The summed E-state index contributed by atoms with van der Waals surface area (Å²) in [6.07, 6.45) is -15.8. The van der Waals surface area contributed by atoms with Crippen LogP contribution in [0.25, 0.3) is 0 Å². The summed E-state index contributed by atoms with van der Waals surface area (Å²) in [6, 6.07) is -1.23. The van der Waals surface area contributed by atoms with E-state index < -0.39 is 149 Å². The molecule has 0 aliphatic carbocycles. The highest BCUT2D eigenvalue weighted by Crippen LogP contribution is 2.35. The predicted molar refractivity (Wildman–Crippen MR) is 173 cm³/mol. The minimum atomic E-state index is -5.27. The van der Waals surface area contributed by atoms with E-state index in [1.165, 1.54) is 0 Å². The fraction of sp³-hybridized carbons (Fsp3) is 0.0909. The molecule has 354 valence electrons. The van der Waals surface area contributed by atoms with E-state index in [1.807, 2.05) is 0 Å². The number of ether oxygens (including phenoxy) is 6. The minimum absolute atomic E-state index is 0.118. The third-order valence-electron chi connectivity index (χ3n) is 6.94. The standard InChI is InChI=1S/C33H9BF18N6O9/c35-13-7-10(62-31(44,45)46)1-4-16(13)59-28-53-22(38)19(23(39)54-28)65-34(66-20-24(40)55-29(56-25(20)41)60-17-5-2-11(8-14(17)36)63-32(47,48)49)67-21-26(42)57-30(58-27(21)43)61-18-6-3-12(9-15(18)37)64-33(50,51)52/h1-9H. The van der Waals surface area contributed by atoms with Crippen LogP contribution in [0.2, 0.25) is 0 Å². The van der Waals surface area contributed by atoms with E-state index in [0.717, 1.165) is 0 Å². The maximum absolute atomic E-state index is 15.2. The molecule has 67 heavy (non-hydrogen) atoms. The first-order valence-corrected chi connectivity index (χ1v) is 16.6. The summed E-state index contributed by atoms with van der Waals surface area (Å²) in [6.45, 7) is 0. The number of hydrogen-bond acceptors (Lipinski definition) is 15. The van der Waals surface area contributed by atoms with Gasteiger partial charge < -0.3 is 42.4 Å². The van der Waals surface area contributed by atoms with Crippen LogP contribution < -0.4 is 42.4 Å². The Labute approximate surface area is 355 Å². The van der Waals surface area contributed by atoms with Crippen LogP contribution in [-0.2, 0) is 0 Å². The zero-order valence-electron chi connectivity index (χ0n) is 30.9. The molecule has 3 aromatic heterocycles. The van der Waals surface area contributed by atoms with Crippen LogP contribution in [0.15, 0.2) is 54.6 Å². The molecule has 0 saturated carbocycles. The Bertz CT molecular complexity index is 2440. The lowest BCUT2D eigenvalue weighted by atomic mass is 10.2. The molecule has 0 amide bonds. The largest absolute Gasteiger partial charge is 0.864 e. The maximum Gasteiger partial charge on any atom is 0.864 e. The van der Waals surface area contributed by atoms with Crippen LogP contribution >= 0.6 is 0 Å². The van der Waals surface area contributed by atoms with Crippen LogP contribution in [0.1, 0.15) is 0 Å². The Balaban J connectivity index is 1.29. The van der Waals surface area contributed by atoms with Crippen molar-refractivity contribution in [2.45, 2.75) is 19.1 Å². The Morgan fingerprint density at radius 3 is 0.761 bits per heavy atom.